The molecule has 2 aromatic carbocycles. The number of methoxy groups -OCH3 is 1. The Kier molecular flexibility index (Phi) is 6.61. The highest BCUT2D eigenvalue weighted by Gasteiger charge is 2.21. The van der Waals surface area contributed by atoms with E-state index >= 15 is 0 Å². The molecule has 8 heteroatoms. The van der Waals surface area contributed by atoms with Crippen molar-refractivity contribution in [1.82, 2.24) is 15.1 Å². The number of rotatable bonds is 7. The topological polar surface area (TPSA) is 90.3 Å². The van der Waals surface area contributed by atoms with Crippen LogP contribution in [0.25, 0.3) is 10.9 Å². The Labute approximate surface area is 172 Å². The van der Waals surface area contributed by atoms with E-state index in [9.17, 15) is 14.4 Å². The molecule has 7 nitrogen and oxygen atoms in total. The van der Waals surface area contributed by atoms with Crippen molar-refractivity contribution in [2.24, 2.45) is 0 Å². The molecule has 0 aliphatic carbocycles. The van der Waals surface area contributed by atoms with Gasteiger partial charge in [0.05, 0.1) is 37.8 Å². The molecule has 0 radical (unpaired) electrons. The van der Waals surface area contributed by atoms with Crippen molar-refractivity contribution in [3.05, 3.63) is 75.5 Å². The highest BCUT2D eigenvalue weighted by Crippen LogP contribution is 2.25. The summed E-state index contributed by atoms with van der Waals surface area (Å²) in [5.74, 6) is -0.730. The molecule has 0 saturated carbocycles. The number of nitrogens with zero attached hydrogens (tertiary/aromatic N) is 2. The Balaban J connectivity index is 1.74. The third-order valence-corrected chi connectivity index (χ3v) is 4.87. The van der Waals surface area contributed by atoms with E-state index in [2.05, 4.69) is 10.4 Å². The van der Waals surface area contributed by atoms with Gasteiger partial charge in [0.1, 0.15) is 0 Å². The number of halogens is 1. The summed E-state index contributed by atoms with van der Waals surface area (Å²) in [6.45, 7) is 0.278. The summed E-state index contributed by atoms with van der Waals surface area (Å²) in [4.78, 5) is 36.3. The second-order valence-corrected chi connectivity index (χ2v) is 6.83. The van der Waals surface area contributed by atoms with Crippen molar-refractivity contribution in [2.75, 3.05) is 7.11 Å². The van der Waals surface area contributed by atoms with Crippen LogP contribution in [0.3, 0.4) is 0 Å². The molecule has 0 spiro atoms. The predicted octanol–water partition coefficient (Wildman–Crippen LogP) is 2.86. The zero-order chi connectivity index (χ0) is 20.8. The first kappa shape index (κ1) is 20.5. The highest BCUT2D eigenvalue weighted by atomic mass is 35.5. The Bertz CT molecular complexity index is 1100. The lowest BCUT2D eigenvalue weighted by atomic mass is 10.0. The van der Waals surface area contributed by atoms with Gasteiger partial charge in [0.15, 0.2) is 0 Å². The van der Waals surface area contributed by atoms with E-state index < -0.39 is 12.0 Å². The second-order valence-electron chi connectivity index (χ2n) is 6.42. The number of benzene rings is 2. The molecule has 0 saturated heterocycles. The zero-order valence-corrected chi connectivity index (χ0v) is 16.6. The van der Waals surface area contributed by atoms with E-state index in [1.807, 2.05) is 6.07 Å². The van der Waals surface area contributed by atoms with Crippen molar-refractivity contribution < 1.29 is 14.3 Å². The molecule has 3 aromatic rings. The van der Waals surface area contributed by atoms with Gasteiger partial charge in [0, 0.05) is 16.8 Å². The number of amides is 1. The van der Waals surface area contributed by atoms with Gasteiger partial charge in [-0.25, -0.2) is 0 Å². The minimum atomic E-state index is -0.609. The quantitative estimate of drug-likeness (QED) is 0.601. The molecule has 1 unspecified atom stereocenters. The molecular weight excluding hydrogens is 394 g/mol. The molecule has 1 N–H and O–H groups in total. The largest absolute Gasteiger partial charge is 0.469 e. The van der Waals surface area contributed by atoms with E-state index in [-0.39, 0.29) is 30.7 Å². The lowest BCUT2D eigenvalue weighted by Crippen LogP contribution is -2.31. The molecule has 29 heavy (non-hydrogen) atoms. The number of fused-ring (bicyclic) bond motifs is 1. The number of hydrogen-bond donors (Lipinski definition) is 1. The minimum absolute atomic E-state index is 0.0365. The number of aromatic nitrogens is 2. The fourth-order valence-electron chi connectivity index (χ4n) is 3.06. The standard InChI is InChI=1S/C21H20ClN3O4/c1-29-21(28)12-17(14-6-2-4-8-16(14)22)24-20(27)10-11-25-18-9-5-3-7-15(18)19(26)13-23-25/h2-9,13,17H,10-12H2,1H3,(H,24,27). The smallest absolute Gasteiger partial charge is 0.307 e. The van der Waals surface area contributed by atoms with Crippen molar-refractivity contribution in [3.8, 4) is 0 Å². The minimum Gasteiger partial charge on any atom is -0.469 e. The number of esters is 1. The van der Waals surface area contributed by atoms with Crippen molar-refractivity contribution in [2.45, 2.75) is 25.4 Å². The molecule has 0 fully saturated rings. The van der Waals surface area contributed by atoms with Gasteiger partial charge < -0.3 is 10.1 Å². The van der Waals surface area contributed by atoms with Gasteiger partial charge in [-0.05, 0) is 23.8 Å². The van der Waals surface area contributed by atoms with Gasteiger partial charge >= 0.3 is 5.97 Å². The van der Waals surface area contributed by atoms with Crippen LogP contribution in [0.15, 0.2) is 59.5 Å². The van der Waals surface area contributed by atoms with Crippen LogP contribution in [0.4, 0.5) is 0 Å². The molecule has 3 rings (SSSR count). The number of carbonyl (C=O) groups excluding carboxylic acids is 2. The first-order valence-electron chi connectivity index (χ1n) is 9.05. The average molecular weight is 414 g/mol. The van der Waals surface area contributed by atoms with Crippen LogP contribution in [-0.2, 0) is 20.9 Å². The summed E-state index contributed by atoms with van der Waals surface area (Å²) in [7, 11) is 1.29. The first-order valence-corrected chi connectivity index (χ1v) is 9.43. The summed E-state index contributed by atoms with van der Waals surface area (Å²) >= 11 is 6.24. The Morgan fingerprint density at radius 3 is 2.66 bits per heavy atom. The number of aryl methyl sites for hydroxylation is 1. The summed E-state index contributed by atoms with van der Waals surface area (Å²) in [6.07, 6.45) is 1.32. The summed E-state index contributed by atoms with van der Waals surface area (Å²) in [6, 6.07) is 13.5. The lowest BCUT2D eigenvalue weighted by molar-refractivity contribution is -0.141. The van der Waals surface area contributed by atoms with Gasteiger partial charge in [-0.3, -0.25) is 19.1 Å². The molecule has 1 atom stereocenters. The molecule has 150 valence electrons. The maximum Gasteiger partial charge on any atom is 0.307 e. The van der Waals surface area contributed by atoms with Crippen LogP contribution in [0, 0.1) is 0 Å². The Morgan fingerprint density at radius 1 is 1.17 bits per heavy atom. The number of nitrogens with one attached hydrogen (secondary N) is 1. The van der Waals surface area contributed by atoms with E-state index in [4.69, 9.17) is 16.3 Å². The summed E-state index contributed by atoms with van der Waals surface area (Å²) in [5, 5.41) is 7.96. The van der Waals surface area contributed by atoms with Crippen LogP contribution in [0.5, 0.6) is 0 Å². The molecule has 0 aliphatic rings. The van der Waals surface area contributed by atoms with E-state index in [1.165, 1.54) is 13.3 Å². The third-order valence-electron chi connectivity index (χ3n) is 4.53. The van der Waals surface area contributed by atoms with Gasteiger partial charge in [0.2, 0.25) is 11.3 Å². The van der Waals surface area contributed by atoms with E-state index in [0.717, 1.165) is 0 Å². The van der Waals surface area contributed by atoms with Crippen LogP contribution < -0.4 is 10.7 Å². The maximum atomic E-state index is 12.6. The van der Waals surface area contributed by atoms with Crippen molar-refractivity contribution in [1.29, 1.82) is 0 Å². The first-order chi connectivity index (χ1) is 14.0. The lowest BCUT2D eigenvalue weighted by Gasteiger charge is -2.19. The van der Waals surface area contributed by atoms with Crippen LogP contribution >= 0.6 is 11.6 Å². The van der Waals surface area contributed by atoms with Gasteiger partial charge in [-0.1, -0.05) is 41.9 Å². The molecule has 1 amide bonds. The molecular formula is C21H20ClN3O4. The van der Waals surface area contributed by atoms with Gasteiger partial charge in [-0.2, -0.15) is 5.10 Å². The van der Waals surface area contributed by atoms with Gasteiger partial charge in [-0.15, -0.1) is 0 Å². The van der Waals surface area contributed by atoms with E-state index in [1.54, 1.807) is 47.1 Å². The van der Waals surface area contributed by atoms with Crippen LogP contribution in [0.2, 0.25) is 5.02 Å². The molecule has 0 bridgehead atoms. The summed E-state index contributed by atoms with van der Waals surface area (Å²) in [5.41, 5.74) is 1.13. The van der Waals surface area contributed by atoms with E-state index in [0.29, 0.717) is 21.5 Å². The number of carbonyl (C=O) groups is 2. The van der Waals surface area contributed by atoms with Crippen molar-refractivity contribution in [3.63, 3.8) is 0 Å². The third kappa shape index (κ3) is 5.00. The van der Waals surface area contributed by atoms with Crippen LogP contribution in [-0.4, -0.2) is 28.8 Å². The molecule has 1 heterocycles. The summed E-state index contributed by atoms with van der Waals surface area (Å²) < 4.78 is 6.35. The SMILES string of the molecule is COC(=O)CC(NC(=O)CCn1ncc(=O)c2ccccc21)c1ccccc1Cl. The Hall–Kier alpha value is -3.19. The van der Waals surface area contributed by atoms with Crippen LogP contribution in [0.1, 0.15) is 24.4 Å². The predicted molar refractivity (Wildman–Crippen MR) is 110 cm³/mol. The number of hydrogen-bond acceptors (Lipinski definition) is 5. The number of para-hydroxylation sites is 1. The maximum absolute atomic E-state index is 12.6. The fourth-order valence-corrected chi connectivity index (χ4v) is 3.33. The Morgan fingerprint density at radius 2 is 1.90 bits per heavy atom. The monoisotopic (exact) mass is 413 g/mol. The van der Waals surface area contributed by atoms with Crippen molar-refractivity contribution >= 4 is 34.4 Å². The average Bonchev–Trinajstić information content (AvgIpc) is 2.73. The molecule has 1 aromatic heterocycles. The second kappa shape index (κ2) is 9.34. The number of ether oxygens (including phenoxy) is 1. The zero-order valence-electron chi connectivity index (χ0n) is 15.8. The highest BCUT2D eigenvalue weighted by molar-refractivity contribution is 6.31. The fraction of sp³-hybridized carbons (Fsp3) is 0.238. The van der Waals surface area contributed by atoms with Gasteiger partial charge in [0.25, 0.3) is 0 Å². The molecule has 0 aliphatic heterocycles. The normalized spacial score (nSPS) is 11.8.